The van der Waals surface area contributed by atoms with Crippen LogP contribution in [0.4, 0.5) is 0 Å². The Bertz CT molecular complexity index is 373. The quantitative estimate of drug-likeness (QED) is 0.212. The van der Waals surface area contributed by atoms with Crippen molar-refractivity contribution in [2.24, 2.45) is 0 Å². The molecule has 0 radical (unpaired) electrons. The van der Waals surface area contributed by atoms with Crippen LogP contribution in [0.5, 0.6) is 0 Å². The van der Waals surface area contributed by atoms with E-state index in [-0.39, 0.29) is 0 Å². The number of aliphatic hydroxyl groups excluding tert-OH is 2. The van der Waals surface area contributed by atoms with Gasteiger partial charge in [-0.1, -0.05) is 0 Å². The second-order valence-electron chi connectivity index (χ2n) is 3.24. The molecule has 0 amide bonds. The van der Waals surface area contributed by atoms with Gasteiger partial charge in [-0.3, -0.25) is 14.1 Å². The highest BCUT2D eigenvalue weighted by molar-refractivity contribution is 7.46. The second-order valence-corrected chi connectivity index (χ2v) is 4.48. The molecule has 1 unspecified atom stereocenters. The molecular weight excluding hydrogens is 303 g/mol. The van der Waals surface area contributed by atoms with Gasteiger partial charge in [0.05, 0.1) is 19.6 Å². The second kappa shape index (κ2) is 10.4. The van der Waals surface area contributed by atoms with E-state index in [4.69, 9.17) is 30.2 Å². The number of carbonyl (C=O) groups is 3. The first kappa shape index (κ1) is 20.9. The summed E-state index contributed by atoms with van der Waals surface area (Å²) in [7, 11) is -4.50. The summed E-state index contributed by atoms with van der Waals surface area (Å²) >= 11 is 0. The van der Waals surface area contributed by atoms with Crippen molar-refractivity contribution in [1.29, 1.82) is 0 Å². The minimum Gasteiger partial charge on any atom is -0.481 e. The summed E-state index contributed by atoms with van der Waals surface area (Å²) < 4.78 is 13.8. The molecule has 20 heavy (non-hydrogen) atoms. The first-order valence-electron chi connectivity index (χ1n) is 4.96. The molecule has 0 bridgehead atoms. The first-order valence-corrected chi connectivity index (χ1v) is 6.49. The Labute approximate surface area is 112 Å². The van der Waals surface area contributed by atoms with Gasteiger partial charge in [0, 0.05) is 6.42 Å². The Hall–Kier alpha value is -1.36. The van der Waals surface area contributed by atoms with Crippen molar-refractivity contribution in [3.8, 4) is 0 Å². The molecule has 0 aliphatic heterocycles. The van der Waals surface area contributed by atoms with Crippen molar-refractivity contribution >= 4 is 25.5 Å². The number of phosphoric acid groups is 1. The van der Waals surface area contributed by atoms with E-state index >= 15 is 0 Å². The fourth-order valence-corrected chi connectivity index (χ4v) is 0.930. The molecule has 0 aliphatic rings. The lowest BCUT2D eigenvalue weighted by Gasteiger charge is -2.07. The molecule has 0 aliphatic carbocycles. The van der Waals surface area contributed by atoms with Crippen LogP contribution in [-0.2, 0) is 23.5 Å². The van der Waals surface area contributed by atoms with Crippen LogP contribution in [0.15, 0.2) is 0 Å². The number of carbonyl (C=O) groups excluding carboxylic acids is 1. The molecule has 0 spiro atoms. The highest BCUT2D eigenvalue weighted by atomic mass is 31.2. The number of aliphatic hydroxyl groups is 2. The maximum absolute atomic E-state index is 10.2. The van der Waals surface area contributed by atoms with Crippen LogP contribution < -0.4 is 0 Å². The molecule has 0 heterocycles. The molecule has 0 aromatic heterocycles. The highest BCUT2D eigenvalue weighted by Crippen LogP contribution is 2.35. The fraction of sp³-hybridized carbons (Fsp3) is 0.625. The van der Waals surface area contributed by atoms with Crippen molar-refractivity contribution in [1.82, 2.24) is 0 Å². The third kappa shape index (κ3) is 16.6. The molecule has 0 fully saturated rings. The number of hydrogen-bond acceptors (Lipinski definition) is 7. The smallest absolute Gasteiger partial charge is 0.469 e. The van der Waals surface area contributed by atoms with E-state index in [9.17, 15) is 18.9 Å². The van der Waals surface area contributed by atoms with E-state index < -0.39 is 57.7 Å². The van der Waals surface area contributed by atoms with Gasteiger partial charge in [-0.05, 0) is 0 Å². The first-order chi connectivity index (χ1) is 8.99. The van der Waals surface area contributed by atoms with Crippen molar-refractivity contribution < 1.29 is 53.7 Å². The van der Waals surface area contributed by atoms with Crippen LogP contribution in [0.25, 0.3) is 0 Å². The van der Waals surface area contributed by atoms with Gasteiger partial charge in [-0.25, -0.2) is 9.36 Å². The Morgan fingerprint density at radius 3 is 1.90 bits per heavy atom. The molecule has 12 heteroatoms. The standard InChI is InChI=1S/C5H6O5.C3H9O6P/c6-3(5(9)10)1-2-4(7)8;4-1-3(5)2-9-10(6,7)8/h1-2H2,(H,7,8)(H,9,10);3-5H,1-2H2,(H2,6,7,8). The fourth-order valence-electron chi connectivity index (χ4n) is 0.563. The molecule has 6 N–H and O–H groups in total. The maximum Gasteiger partial charge on any atom is 0.469 e. The summed E-state index contributed by atoms with van der Waals surface area (Å²) in [4.78, 5) is 45.9. The number of phosphoric ester groups is 1. The molecule has 0 saturated carbocycles. The molecule has 11 nitrogen and oxygen atoms in total. The summed E-state index contributed by atoms with van der Waals surface area (Å²) in [5.74, 6) is -3.82. The van der Waals surface area contributed by atoms with Crippen LogP contribution in [0.1, 0.15) is 12.8 Å². The molecule has 0 saturated heterocycles. The van der Waals surface area contributed by atoms with E-state index in [1.807, 2.05) is 0 Å². The van der Waals surface area contributed by atoms with Gasteiger partial charge in [0.25, 0.3) is 0 Å². The third-order valence-corrected chi connectivity index (χ3v) is 1.94. The number of Topliss-reactive ketones (excluding diaryl/α,β-unsaturated/α-hetero) is 1. The molecule has 0 rings (SSSR count). The van der Waals surface area contributed by atoms with Gasteiger partial charge < -0.3 is 30.2 Å². The number of rotatable bonds is 8. The number of carboxylic acids is 2. The number of ketones is 1. The molecule has 0 aromatic carbocycles. The number of aliphatic carboxylic acids is 2. The Morgan fingerprint density at radius 1 is 1.10 bits per heavy atom. The van der Waals surface area contributed by atoms with Gasteiger partial charge in [-0.15, -0.1) is 0 Å². The van der Waals surface area contributed by atoms with Gasteiger partial charge in [0.2, 0.25) is 5.78 Å². The predicted octanol–water partition coefficient (Wildman–Crippen LogP) is -2.05. The minimum absolute atomic E-state index is 0.425. The van der Waals surface area contributed by atoms with Crippen LogP contribution in [0.2, 0.25) is 0 Å². The predicted molar refractivity (Wildman–Crippen MR) is 60.6 cm³/mol. The minimum atomic E-state index is -4.50. The lowest BCUT2D eigenvalue weighted by molar-refractivity contribution is -0.149. The highest BCUT2D eigenvalue weighted by Gasteiger charge is 2.15. The maximum atomic E-state index is 10.2. The van der Waals surface area contributed by atoms with Crippen molar-refractivity contribution in [3.05, 3.63) is 0 Å². The molecule has 118 valence electrons. The molecule has 1 atom stereocenters. The topological polar surface area (TPSA) is 199 Å². The average molecular weight is 318 g/mol. The summed E-state index contributed by atoms with van der Waals surface area (Å²) in [5, 5.41) is 32.6. The Balaban J connectivity index is 0. The third-order valence-electron chi connectivity index (χ3n) is 1.45. The van der Waals surface area contributed by atoms with Crippen molar-refractivity contribution in [2.75, 3.05) is 13.2 Å². The van der Waals surface area contributed by atoms with E-state index in [0.29, 0.717) is 0 Å². The zero-order chi connectivity index (χ0) is 16.3. The molecule has 0 aromatic rings. The summed E-state index contributed by atoms with van der Waals surface area (Å²) in [6.07, 6.45) is -2.11. The zero-order valence-electron chi connectivity index (χ0n) is 10.1. The van der Waals surface area contributed by atoms with Crippen LogP contribution in [-0.4, -0.2) is 67.3 Å². The summed E-state index contributed by atoms with van der Waals surface area (Å²) in [6, 6.07) is 0. The summed E-state index contributed by atoms with van der Waals surface area (Å²) in [6.45, 7) is -1.15. The van der Waals surface area contributed by atoms with Gasteiger partial charge in [-0.2, -0.15) is 0 Å². The van der Waals surface area contributed by atoms with Crippen LogP contribution in [0, 0.1) is 0 Å². The molecular formula is C8H15O11P. The largest absolute Gasteiger partial charge is 0.481 e. The Kier molecular flexibility index (Phi) is 10.9. The van der Waals surface area contributed by atoms with Crippen molar-refractivity contribution in [2.45, 2.75) is 18.9 Å². The van der Waals surface area contributed by atoms with E-state index in [0.717, 1.165) is 0 Å². The normalized spacial score (nSPS) is 12.0. The van der Waals surface area contributed by atoms with E-state index in [1.165, 1.54) is 0 Å². The van der Waals surface area contributed by atoms with Gasteiger partial charge >= 0.3 is 19.8 Å². The zero-order valence-corrected chi connectivity index (χ0v) is 11.0. The lowest BCUT2D eigenvalue weighted by atomic mass is 10.2. The van der Waals surface area contributed by atoms with E-state index in [2.05, 4.69) is 4.52 Å². The van der Waals surface area contributed by atoms with Crippen LogP contribution in [0.3, 0.4) is 0 Å². The SMILES string of the molecule is O=C(O)CCC(=O)C(=O)O.O=P(O)(O)OCC(O)CO. The lowest BCUT2D eigenvalue weighted by Crippen LogP contribution is -2.18. The van der Waals surface area contributed by atoms with E-state index in [1.54, 1.807) is 0 Å². The monoisotopic (exact) mass is 318 g/mol. The Morgan fingerprint density at radius 2 is 1.60 bits per heavy atom. The average Bonchev–Trinajstić information content (AvgIpc) is 2.32. The van der Waals surface area contributed by atoms with Gasteiger partial charge in [0.15, 0.2) is 0 Å². The van der Waals surface area contributed by atoms with Gasteiger partial charge in [0.1, 0.15) is 6.10 Å². The number of carboxylic acid groups (broad SMARTS) is 2. The van der Waals surface area contributed by atoms with Crippen molar-refractivity contribution in [3.63, 3.8) is 0 Å². The number of hydrogen-bond donors (Lipinski definition) is 6. The summed E-state index contributed by atoms with van der Waals surface area (Å²) in [5.41, 5.74) is 0. The van der Waals surface area contributed by atoms with Crippen LogP contribution >= 0.6 is 7.82 Å².